The molecule has 20 heavy (non-hydrogen) atoms. The van der Waals surface area contributed by atoms with Crippen LogP contribution in [0.1, 0.15) is 23.1 Å². The van der Waals surface area contributed by atoms with E-state index in [0.717, 1.165) is 0 Å². The first-order valence-electron chi connectivity index (χ1n) is 6.11. The maximum atomic E-state index is 13.8. The van der Waals surface area contributed by atoms with Crippen molar-refractivity contribution < 1.29 is 13.9 Å². The molecule has 2 atom stereocenters. The first kappa shape index (κ1) is 15.1. The molecule has 0 fully saturated rings. The lowest BCUT2D eigenvalue weighted by Crippen LogP contribution is -2.21. The number of benzene rings is 2. The lowest BCUT2D eigenvalue weighted by Gasteiger charge is -2.23. The van der Waals surface area contributed by atoms with Crippen LogP contribution in [0.4, 0.5) is 8.78 Å². The van der Waals surface area contributed by atoms with Crippen LogP contribution >= 0.6 is 15.9 Å². The lowest BCUT2D eigenvalue weighted by molar-refractivity contribution is 0.143. The van der Waals surface area contributed by atoms with Crippen LogP contribution in [0.3, 0.4) is 0 Å². The molecular formula is C15H14BrF2NO. The Morgan fingerprint density at radius 3 is 2.35 bits per heavy atom. The summed E-state index contributed by atoms with van der Waals surface area (Å²) in [6.45, 7) is 0.124. The highest BCUT2D eigenvalue weighted by Gasteiger charge is 2.24. The van der Waals surface area contributed by atoms with Gasteiger partial charge in [0.25, 0.3) is 0 Å². The summed E-state index contributed by atoms with van der Waals surface area (Å²) < 4.78 is 27.4. The second kappa shape index (κ2) is 6.43. The third-order valence-electron chi connectivity index (χ3n) is 3.21. The van der Waals surface area contributed by atoms with Gasteiger partial charge in [-0.05, 0) is 35.9 Å². The van der Waals surface area contributed by atoms with E-state index in [1.54, 1.807) is 18.2 Å². The fourth-order valence-electron chi connectivity index (χ4n) is 2.12. The van der Waals surface area contributed by atoms with Crippen LogP contribution in [0.25, 0.3) is 0 Å². The molecule has 0 heterocycles. The van der Waals surface area contributed by atoms with Gasteiger partial charge in [-0.1, -0.05) is 28.1 Å². The van der Waals surface area contributed by atoms with Crippen molar-refractivity contribution in [1.82, 2.24) is 0 Å². The van der Waals surface area contributed by atoms with E-state index in [1.807, 2.05) is 0 Å². The van der Waals surface area contributed by atoms with Crippen LogP contribution in [-0.2, 0) is 0 Å². The van der Waals surface area contributed by atoms with Crippen LogP contribution in [-0.4, -0.2) is 11.7 Å². The molecule has 2 unspecified atom stereocenters. The van der Waals surface area contributed by atoms with Gasteiger partial charge in [0.2, 0.25) is 0 Å². The standard InChI is InChI=1S/C15H14BrF2NO/c16-10-3-6-14(18)12(7-10)15(20)13(8-19)9-1-4-11(17)5-2-9/h1-7,13,15,20H,8,19H2. The maximum Gasteiger partial charge on any atom is 0.129 e. The van der Waals surface area contributed by atoms with Gasteiger partial charge in [0.1, 0.15) is 11.6 Å². The van der Waals surface area contributed by atoms with Gasteiger partial charge >= 0.3 is 0 Å². The van der Waals surface area contributed by atoms with E-state index in [0.29, 0.717) is 10.0 Å². The number of hydrogen-bond donors (Lipinski definition) is 2. The van der Waals surface area contributed by atoms with Gasteiger partial charge in [-0.2, -0.15) is 0 Å². The summed E-state index contributed by atoms with van der Waals surface area (Å²) >= 11 is 3.24. The summed E-state index contributed by atoms with van der Waals surface area (Å²) in [5.74, 6) is -1.37. The summed E-state index contributed by atoms with van der Waals surface area (Å²) in [6.07, 6.45) is -1.09. The normalized spacial score (nSPS) is 14.1. The summed E-state index contributed by atoms with van der Waals surface area (Å²) in [4.78, 5) is 0. The average Bonchev–Trinajstić information content (AvgIpc) is 2.44. The zero-order valence-electron chi connectivity index (χ0n) is 10.6. The van der Waals surface area contributed by atoms with Crippen molar-refractivity contribution in [3.05, 3.63) is 69.7 Å². The molecule has 0 aliphatic rings. The van der Waals surface area contributed by atoms with E-state index in [1.165, 1.54) is 24.3 Å². The third-order valence-corrected chi connectivity index (χ3v) is 3.70. The minimum absolute atomic E-state index is 0.124. The Hall–Kier alpha value is -1.30. The molecule has 0 aromatic heterocycles. The Morgan fingerprint density at radius 2 is 1.75 bits per heavy atom. The number of aliphatic hydroxyl groups is 1. The minimum atomic E-state index is -1.09. The second-order valence-electron chi connectivity index (χ2n) is 4.50. The van der Waals surface area contributed by atoms with E-state index in [2.05, 4.69) is 15.9 Å². The topological polar surface area (TPSA) is 46.2 Å². The molecule has 2 rings (SSSR count). The van der Waals surface area contributed by atoms with E-state index < -0.39 is 17.8 Å². The van der Waals surface area contributed by atoms with Crippen molar-refractivity contribution in [2.24, 2.45) is 5.73 Å². The van der Waals surface area contributed by atoms with Crippen LogP contribution < -0.4 is 5.73 Å². The van der Waals surface area contributed by atoms with Crippen molar-refractivity contribution in [2.45, 2.75) is 12.0 Å². The van der Waals surface area contributed by atoms with E-state index >= 15 is 0 Å². The molecule has 2 aromatic rings. The van der Waals surface area contributed by atoms with Crippen LogP contribution in [0.15, 0.2) is 46.9 Å². The van der Waals surface area contributed by atoms with Crippen LogP contribution in [0, 0.1) is 11.6 Å². The van der Waals surface area contributed by atoms with Crippen molar-refractivity contribution in [3.8, 4) is 0 Å². The Kier molecular flexibility index (Phi) is 4.86. The zero-order valence-corrected chi connectivity index (χ0v) is 12.1. The van der Waals surface area contributed by atoms with E-state index in [-0.39, 0.29) is 17.9 Å². The van der Waals surface area contributed by atoms with Gasteiger partial charge in [0, 0.05) is 22.5 Å². The van der Waals surface area contributed by atoms with E-state index in [9.17, 15) is 13.9 Å². The lowest BCUT2D eigenvalue weighted by atomic mass is 9.89. The highest BCUT2D eigenvalue weighted by atomic mass is 79.9. The molecule has 106 valence electrons. The largest absolute Gasteiger partial charge is 0.388 e. The molecule has 0 saturated heterocycles. The van der Waals surface area contributed by atoms with Gasteiger partial charge in [-0.25, -0.2) is 8.78 Å². The van der Waals surface area contributed by atoms with Crippen molar-refractivity contribution in [2.75, 3.05) is 6.54 Å². The molecule has 3 N–H and O–H groups in total. The van der Waals surface area contributed by atoms with Crippen molar-refractivity contribution in [1.29, 1.82) is 0 Å². The van der Waals surface area contributed by atoms with Gasteiger partial charge in [0.05, 0.1) is 6.10 Å². The molecule has 5 heteroatoms. The van der Waals surface area contributed by atoms with Crippen molar-refractivity contribution >= 4 is 15.9 Å². The molecule has 0 spiro atoms. The molecule has 0 bridgehead atoms. The Balaban J connectivity index is 2.35. The van der Waals surface area contributed by atoms with E-state index in [4.69, 9.17) is 5.73 Å². The highest BCUT2D eigenvalue weighted by Crippen LogP contribution is 2.33. The predicted octanol–water partition coefficient (Wildman–Crippen LogP) is 3.50. The number of halogens is 3. The third kappa shape index (κ3) is 3.23. The second-order valence-corrected chi connectivity index (χ2v) is 5.42. The molecule has 2 aromatic carbocycles. The molecule has 0 saturated carbocycles. The monoisotopic (exact) mass is 341 g/mol. The minimum Gasteiger partial charge on any atom is -0.388 e. The van der Waals surface area contributed by atoms with Gasteiger partial charge in [-0.3, -0.25) is 0 Å². The average molecular weight is 342 g/mol. The summed E-state index contributed by atoms with van der Waals surface area (Å²) in [5.41, 5.74) is 6.51. The smallest absolute Gasteiger partial charge is 0.129 e. The summed E-state index contributed by atoms with van der Waals surface area (Å²) in [5, 5.41) is 10.4. The Labute approximate surface area is 124 Å². The molecule has 0 aliphatic heterocycles. The summed E-state index contributed by atoms with van der Waals surface area (Å²) in [6, 6.07) is 10.0. The van der Waals surface area contributed by atoms with Gasteiger partial charge < -0.3 is 10.8 Å². The fourth-order valence-corrected chi connectivity index (χ4v) is 2.49. The fraction of sp³-hybridized carbons (Fsp3) is 0.200. The van der Waals surface area contributed by atoms with Crippen LogP contribution in [0.5, 0.6) is 0 Å². The highest BCUT2D eigenvalue weighted by molar-refractivity contribution is 9.10. The van der Waals surface area contributed by atoms with Gasteiger partial charge in [-0.15, -0.1) is 0 Å². The SMILES string of the molecule is NCC(c1ccc(F)cc1)C(O)c1cc(Br)ccc1F. The molecule has 2 nitrogen and oxygen atoms in total. The predicted molar refractivity (Wildman–Crippen MR) is 77.3 cm³/mol. The molecule has 0 amide bonds. The van der Waals surface area contributed by atoms with Crippen LogP contribution in [0.2, 0.25) is 0 Å². The zero-order chi connectivity index (χ0) is 14.7. The molecular weight excluding hydrogens is 328 g/mol. The quantitative estimate of drug-likeness (QED) is 0.893. The Morgan fingerprint density at radius 1 is 1.10 bits per heavy atom. The van der Waals surface area contributed by atoms with Crippen molar-refractivity contribution in [3.63, 3.8) is 0 Å². The molecule has 0 aliphatic carbocycles. The maximum absolute atomic E-state index is 13.8. The summed E-state index contributed by atoms with van der Waals surface area (Å²) in [7, 11) is 0. The Bertz CT molecular complexity index is 589. The first-order valence-corrected chi connectivity index (χ1v) is 6.90. The number of rotatable bonds is 4. The van der Waals surface area contributed by atoms with Gasteiger partial charge in [0.15, 0.2) is 0 Å². The number of aliphatic hydroxyl groups excluding tert-OH is 1. The molecule has 0 radical (unpaired) electrons. The number of hydrogen-bond acceptors (Lipinski definition) is 2. The first-order chi connectivity index (χ1) is 9.52. The number of nitrogens with two attached hydrogens (primary N) is 1.